The summed E-state index contributed by atoms with van der Waals surface area (Å²) in [6.07, 6.45) is 21.9. The zero-order valence-corrected chi connectivity index (χ0v) is 21.1. The van der Waals surface area contributed by atoms with Crippen molar-refractivity contribution in [3.05, 3.63) is 12.7 Å². The van der Waals surface area contributed by atoms with E-state index in [1.54, 1.807) is 6.08 Å². The third-order valence-electron chi connectivity index (χ3n) is 5.70. The van der Waals surface area contributed by atoms with Crippen LogP contribution >= 0.6 is 0 Å². The van der Waals surface area contributed by atoms with E-state index >= 15 is 0 Å². The lowest BCUT2D eigenvalue weighted by atomic mass is 10.1. The van der Waals surface area contributed by atoms with Crippen molar-refractivity contribution in [1.82, 2.24) is 5.32 Å². The van der Waals surface area contributed by atoms with Crippen LogP contribution in [-0.4, -0.2) is 31.3 Å². The van der Waals surface area contributed by atoms with Crippen LogP contribution in [0.25, 0.3) is 0 Å². The van der Waals surface area contributed by atoms with Gasteiger partial charge in [0, 0.05) is 0 Å². The molecule has 0 aromatic carbocycles. The number of unbranched alkanes of at least 4 members (excludes halogenated alkanes) is 15. The highest BCUT2D eigenvalue weighted by Crippen LogP contribution is 2.10. The van der Waals surface area contributed by atoms with Crippen LogP contribution in [0.4, 0.5) is 4.79 Å². The highest BCUT2D eigenvalue weighted by atomic mass is 16.6. The molecule has 0 aliphatic heterocycles. The molecule has 0 saturated carbocycles. The number of esters is 1. The second-order valence-electron chi connectivity index (χ2n) is 8.83. The van der Waals surface area contributed by atoms with Gasteiger partial charge in [0.2, 0.25) is 0 Å². The molecule has 0 radical (unpaired) electrons. The first-order valence-corrected chi connectivity index (χ1v) is 13.4. The molecule has 0 aliphatic rings. The predicted octanol–water partition coefficient (Wildman–Crippen LogP) is 7.87. The van der Waals surface area contributed by atoms with Gasteiger partial charge in [0.05, 0.1) is 13.2 Å². The fraction of sp³-hybridized carbons (Fsp3) is 0.852. The van der Waals surface area contributed by atoms with E-state index in [0.29, 0.717) is 19.6 Å². The van der Waals surface area contributed by atoms with E-state index in [-0.39, 0.29) is 0 Å². The van der Waals surface area contributed by atoms with Gasteiger partial charge in [0.25, 0.3) is 0 Å². The van der Waals surface area contributed by atoms with Crippen molar-refractivity contribution in [1.29, 1.82) is 0 Å². The van der Waals surface area contributed by atoms with Crippen molar-refractivity contribution in [3.63, 3.8) is 0 Å². The first kappa shape index (κ1) is 30.5. The summed E-state index contributed by atoms with van der Waals surface area (Å²) in [5, 5.41) is 2.62. The lowest BCUT2D eigenvalue weighted by Gasteiger charge is -2.16. The number of nitrogens with one attached hydrogen (secondary N) is 1. The number of amides is 1. The van der Waals surface area contributed by atoms with E-state index in [1.165, 1.54) is 83.5 Å². The van der Waals surface area contributed by atoms with E-state index in [2.05, 4.69) is 25.7 Å². The fourth-order valence-electron chi connectivity index (χ4n) is 3.65. The second kappa shape index (κ2) is 24.1. The maximum Gasteiger partial charge on any atom is 0.407 e. The van der Waals surface area contributed by atoms with E-state index in [0.717, 1.165) is 25.7 Å². The van der Waals surface area contributed by atoms with E-state index in [4.69, 9.17) is 9.47 Å². The zero-order valence-electron chi connectivity index (χ0n) is 21.1. The summed E-state index contributed by atoms with van der Waals surface area (Å²) in [6, 6.07) is -0.725. The molecule has 0 bridgehead atoms. The van der Waals surface area contributed by atoms with Crippen LogP contribution < -0.4 is 5.32 Å². The van der Waals surface area contributed by atoms with Crippen LogP contribution in [0.3, 0.4) is 0 Å². The Bertz CT molecular complexity index is 453. The molecule has 1 amide bonds. The van der Waals surface area contributed by atoms with Crippen LogP contribution in [0, 0.1) is 0 Å². The molecule has 0 aromatic heterocycles. The zero-order chi connectivity index (χ0) is 23.7. The lowest BCUT2D eigenvalue weighted by Crippen LogP contribution is -2.42. The topological polar surface area (TPSA) is 64.6 Å². The number of rotatable bonds is 23. The number of carbonyl (C=O) groups excluding carboxylic acids is 2. The summed E-state index contributed by atoms with van der Waals surface area (Å²) in [7, 11) is 0. The van der Waals surface area contributed by atoms with Crippen LogP contribution in [0.5, 0.6) is 0 Å². The van der Waals surface area contributed by atoms with E-state index in [9.17, 15) is 9.59 Å². The van der Waals surface area contributed by atoms with Gasteiger partial charge in [-0.1, -0.05) is 116 Å². The third-order valence-corrected chi connectivity index (χ3v) is 5.70. The maximum atomic E-state index is 12.3. The summed E-state index contributed by atoms with van der Waals surface area (Å²) < 4.78 is 10.6. The molecule has 0 rings (SSSR count). The van der Waals surface area contributed by atoms with Crippen molar-refractivity contribution in [2.75, 3.05) is 13.2 Å². The molecule has 0 heterocycles. The standard InChI is InChI=1S/C27H51NO4/c1-4-7-9-11-13-15-17-18-20-23-31-26(29)25(22-6-3)28-27(30)32-24-21-19-16-14-12-10-8-5-2/h6,25H,3-5,7-24H2,1-2H3,(H,28,30). The van der Waals surface area contributed by atoms with Gasteiger partial charge in [-0.25, -0.2) is 9.59 Å². The fourth-order valence-corrected chi connectivity index (χ4v) is 3.65. The average molecular weight is 454 g/mol. The Balaban J connectivity index is 3.79. The first-order chi connectivity index (χ1) is 15.7. The molecule has 0 saturated heterocycles. The largest absolute Gasteiger partial charge is 0.464 e. The number of hydrogen-bond acceptors (Lipinski definition) is 4. The molecule has 1 atom stereocenters. The van der Waals surface area contributed by atoms with E-state index in [1.807, 2.05) is 0 Å². The second-order valence-corrected chi connectivity index (χ2v) is 8.83. The maximum absolute atomic E-state index is 12.3. The molecule has 5 nitrogen and oxygen atoms in total. The van der Waals surface area contributed by atoms with Crippen molar-refractivity contribution >= 4 is 12.1 Å². The molecular formula is C27H51NO4. The molecule has 5 heteroatoms. The predicted molar refractivity (Wildman–Crippen MR) is 134 cm³/mol. The molecule has 0 fully saturated rings. The smallest absolute Gasteiger partial charge is 0.407 e. The molecule has 1 N–H and O–H groups in total. The molecule has 0 spiro atoms. The van der Waals surface area contributed by atoms with Gasteiger partial charge in [0.15, 0.2) is 0 Å². The minimum absolute atomic E-state index is 0.337. The Labute approximate surface area is 198 Å². The summed E-state index contributed by atoms with van der Waals surface area (Å²) in [5.41, 5.74) is 0. The van der Waals surface area contributed by atoms with Crippen molar-refractivity contribution in [3.8, 4) is 0 Å². The van der Waals surface area contributed by atoms with Crippen molar-refractivity contribution < 1.29 is 19.1 Å². The Hall–Kier alpha value is -1.52. The molecule has 32 heavy (non-hydrogen) atoms. The number of alkyl carbamates (subject to hydrolysis) is 1. The van der Waals surface area contributed by atoms with Crippen LogP contribution in [-0.2, 0) is 14.3 Å². The van der Waals surface area contributed by atoms with Crippen molar-refractivity contribution in [2.45, 2.75) is 135 Å². The highest BCUT2D eigenvalue weighted by molar-refractivity contribution is 5.81. The first-order valence-electron chi connectivity index (χ1n) is 13.4. The summed E-state index contributed by atoms with van der Waals surface area (Å²) in [6.45, 7) is 8.91. The van der Waals surface area contributed by atoms with Crippen LogP contribution in [0.1, 0.15) is 129 Å². The normalized spacial score (nSPS) is 11.7. The highest BCUT2D eigenvalue weighted by Gasteiger charge is 2.21. The summed E-state index contributed by atoms with van der Waals surface area (Å²) in [4.78, 5) is 24.3. The minimum atomic E-state index is -0.725. The van der Waals surface area contributed by atoms with Gasteiger partial charge in [-0.15, -0.1) is 6.58 Å². The van der Waals surface area contributed by atoms with Gasteiger partial charge in [-0.2, -0.15) is 0 Å². The van der Waals surface area contributed by atoms with Crippen LogP contribution in [0.2, 0.25) is 0 Å². The lowest BCUT2D eigenvalue weighted by molar-refractivity contribution is -0.146. The summed E-state index contributed by atoms with van der Waals surface area (Å²) in [5.74, 6) is -0.409. The van der Waals surface area contributed by atoms with Gasteiger partial charge >= 0.3 is 12.1 Å². The third kappa shape index (κ3) is 20.4. The minimum Gasteiger partial charge on any atom is -0.464 e. The number of ether oxygens (including phenoxy) is 2. The molecule has 188 valence electrons. The average Bonchev–Trinajstić information content (AvgIpc) is 2.78. The number of carbonyl (C=O) groups is 2. The van der Waals surface area contributed by atoms with Gasteiger partial charge < -0.3 is 14.8 Å². The quantitative estimate of drug-likeness (QED) is 0.0971. The van der Waals surface area contributed by atoms with Gasteiger partial charge in [-0.05, 0) is 19.3 Å². The molecule has 1 unspecified atom stereocenters. The molecule has 0 aromatic rings. The summed E-state index contributed by atoms with van der Waals surface area (Å²) >= 11 is 0. The molecular weight excluding hydrogens is 402 g/mol. The molecule has 0 aliphatic carbocycles. The van der Waals surface area contributed by atoms with Crippen molar-refractivity contribution in [2.24, 2.45) is 0 Å². The van der Waals surface area contributed by atoms with Gasteiger partial charge in [0.1, 0.15) is 6.04 Å². The Morgan fingerprint density at radius 2 is 1.09 bits per heavy atom. The Morgan fingerprint density at radius 1 is 0.688 bits per heavy atom. The van der Waals surface area contributed by atoms with Gasteiger partial charge in [-0.3, -0.25) is 0 Å². The SMILES string of the molecule is C=CCC(NC(=O)OCCCCCCCCCC)C(=O)OCCCCCCCCCCC. The Kier molecular flexibility index (Phi) is 23.0. The monoisotopic (exact) mass is 453 g/mol. The Morgan fingerprint density at radius 3 is 1.53 bits per heavy atom. The van der Waals surface area contributed by atoms with E-state index < -0.39 is 18.1 Å². The number of hydrogen-bond donors (Lipinski definition) is 1. The van der Waals surface area contributed by atoms with Crippen LogP contribution in [0.15, 0.2) is 12.7 Å².